The molecule has 4 saturated carbocycles. The summed E-state index contributed by atoms with van der Waals surface area (Å²) < 4.78 is 3.33. The van der Waals surface area contributed by atoms with Crippen LogP contribution in [-0.2, 0) is 12.6 Å². The molecule has 10 nitrogen and oxygen atoms in total. The van der Waals surface area contributed by atoms with Crippen LogP contribution in [-0.4, -0.2) is 36.6 Å². The van der Waals surface area contributed by atoms with Crippen molar-refractivity contribution < 1.29 is 9.72 Å². The van der Waals surface area contributed by atoms with Crippen LogP contribution in [0.4, 0.5) is 5.69 Å². The molecule has 4 bridgehead atoms. The third-order valence-corrected chi connectivity index (χ3v) is 6.82. The van der Waals surface area contributed by atoms with E-state index in [0.717, 1.165) is 19.3 Å². The lowest BCUT2D eigenvalue weighted by Gasteiger charge is -2.56. The van der Waals surface area contributed by atoms with Gasteiger partial charge in [0.25, 0.3) is 5.91 Å². The third-order valence-electron chi connectivity index (χ3n) is 6.82. The van der Waals surface area contributed by atoms with Gasteiger partial charge in [0.05, 0.1) is 22.4 Å². The van der Waals surface area contributed by atoms with E-state index in [4.69, 9.17) is 0 Å². The smallest absolute Gasteiger partial charge is 0.267 e. The van der Waals surface area contributed by atoms with Crippen molar-refractivity contribution in [1.29, 1.82) is 0 Å². The summed E-state index contributed by atoms with van der Waals surface area (Å²) in [5.74, 6) is 1.33. The fourth-order valence-electron chi connectivity index (χ4n) is 5.97. The van der Waals surface area contributed by atoms with Crippen molar-refractivity contribution in [2.24, 2.45) is 29.9 Å². The molecule has 0 spiro atoms. The lowest BCUT2D eigenvalue weighted by Crippen LogP contribution is -2.52. The van der Waals surface area contributed by atoms with Gasteiger partial charge in [-0.2, -0.15) is 15.3 Å². The number of nitro groups is 1. The zero-order valence-corrected chi connectivity index (χ0v) is 16.2. The summed E-state index contributed by atoms with van der Waals surface area (Å²) >= 11 is 0. The number of aryl methyl sites for hydroxylation is 1. The quantitative estimate of drug-likeness (QED) is 0.471. The van der Waals surface area contributed by atoms with Crippen molar-refractivity contribution in [2.45, 2.75) is 44.1 Å². The molecule has 10 heteroatoms. The molecular weight excluding hydrogens is 374 g/mol. The molecule has 6 rings (SSSR count). The molecule has 152 valence electrons. The maximum absolute atomic E-state index is 12.6. The Hall–Kier alpha value is -3.04. The van der Waals surface area contributed by atoms with E-state index < -0.39 is 10.8 Å². The molecule has 0 radical (unpaired) electrons. The average Bonchev–Trinajstić information content (AvgIpc) is 3.28. The van der Waals surface area contributed by atoms with Crippen molar-refractivity contribution in [1.82, 2.24) is 25.0 Å². The molecule has 0 aromatic carbocycles. The average molecular weight is 397 g/mol. The van der Waals surface area contributed by atoms with E-state index >= 15 is 0 Å². The standard InChI is InChI=1S/C19H23N7O3/c1-24-15(2-3-21-24)10-20-22-18(27)17-16(26(28)29)11-25(23-17)19-7-12-4-13(8-19)6-14(5-12)9-19/h2-3,10-14H,4-9H2,1H3,(H,22,27). The van der Waals surface area contributed by atoms with Gasteiger partial charge in [-0.15, -0.1) is 0 Å². The summed E-state index contributed by atoms with van der Waals surface area (Å²) in [5.41, 5.74) is 2.41. The lowest BCUT2D eigenvalue weighted by molar-refractivity contribution is -0.385. The number of rotatable bonds is 5. The van der Waals surface area contributed by atoms with Crippen molar-refractivity contribution in [3.05, 3.63) is 40.0 Å². The Morgan fingerprint density at radius 2 is 1.97 bits per heavy atom. The van der Waals surface area contributed by atoms with Crippen molar-refractivity contribution in [3.8, 4) is 0 Å². The second-order valence-corrected chi connectivity index (χ2v) is 8.79. The van der Waals surface area contributed by atoms with Crippen LogP contribution in [0.2, 0.25) is 0 Å². The van der Waals surface area contributed by atoms with Crippen LogP contribution >= 0.6 is 0 Å². The number of carbonyl (C=O) groups excluding carboxylic acids is 1. The highest BCUT2D eigenvalue weighted by atomic mass is 16.6. The predicted molar refractivity (Wildman–Crippen MR) is 103 cm³/mol. The first kappa shape index (κ1) is 18.0. The number of nitrogens with one attached hydrogen (secondary N) is 1. The largest absolute Gasteiger partial charge is 0.320 e. The van der Waals surface area contributed by atoms with Gasteiger partial charge in [-0.3, -0.25) is 24.3 Å². The minimum Gasteiger partial charge on any atom is -0.267 e. The summed E-state index contributed by atoms with van der Waals surface area (Å²) in [6.45, 7) is 0. The molecule has 0 aliphatic heterocycles. The molecule has 0 saturated heterocycles. The number of amides is 1. The van der Waals surface area contributed by atoms with E-state index in [0.29, 0.717) is 23.4 Å². The molecule has 2 heterocycles. The number of aromatic nitrogens is 4. The molecule has 2 aromatic heterocycles. The van der Waals surface area contributed by atoms with Gasteiger partial charge in [0.1, 0.15) is 6.20 Å². The zero-order chi connectivity index (χ0) is 20.2. The monoisotopic (exact) mass is 397 g/mol. The van der Waals surface area contributed by atoms with Gasteiger partial charge in [0.2, 0.25) is 5.69 Å². The number of carbonyl (C=O) groups is 1. The Morgan fingerprint density at radius 3 is 2.52 bits per heavy atom. The zero-order valence-electron chi connectivity index (χ0n) is 16.2. The molecule has 29 heavy (non-hydrogen) atoms. The summed E-state index contributed by atoms with van der Waals surface area (Å²) in [6, 6.07) is 1.74. The fraction of sp³-hybridized carbons (Fsp3) is 0.579. The second kappa shape index (κ2) is 6.50. The van der Waals surface area contributed by atoms with E-state index in [1.165, 1.54) is 31.7 Å². The Labute approximate surface area is 167 Å². The Kier molecular flexibility index (Phi) is 4.04. The molecule has 2 aromatic rings. The highest BCUT2D eigenvalue weighted by Crippen LogP contribution is 2.58. The van der Waals surface area contributed by atoms with E-state index in [-0.39, 0.29) is 16.9 Å². The van der Waals surface area contributed by atoms with E-state index in [1.807, 2.05) is 0 Å². The maximum Gasteiger partial charge on any atom is 0.320 e. The minimum absolute atomic E-state index is 0.185. The normalized spacial score (nSPS) is 30.2. The molecule has 4 aliphatic rings. The molecule has 4 aliphatic carbocycles. The maximum atomic E-state index is 12.6. The van der Waals surface area contributed by atoms with E-state index in [2.05, 4.69) is 20.7 Å². The molecule has 1 amide bonds. The lowest BCUT2D eigenvalue weighted by atomic mass is 9.53. The molecule has 0 unspecified atom stereocenters. The van der Waals surface area contributed by atoms with Gasteiger partial charge in [0, 0.05) is 13.2 Å². The molecular formula is C19H23N7O3. The first-order valence-electron chi connectivity index (χ1n) is 9.99. The summed E-state index contributed by atoms with van der Waals surface area (Å²) in [6.07, 6.45) is 11.3. The number of hydrogen-bond acceptors (Lipinski definition) is 6. The van der Waals surface area contributed by atoms with Crippen LogP contribution in [0.25, 0.3) is 0 Å². The number of nitrogens with zero attached hydrogens (tertiary/aromatic N) is 6. The first-order chi connectivity index (χ1) is 13.9. The highest BCUT2D eigenvalue weighted by Gasteiger charge is 2.53. The van der Waals surface area contributed by atoms with Crippen LogP contribution in [0.1, 0.15) is 54.7 Å². The van der Waals surface area contributed by atoms with Crippen LogP contribution in [0.15, 0.2) is 23.6 Å². The Bertz CT molecular complexity index is 970. The molecule has 4 fully saturated rings. The van der Waals surface area contributed by atoms with Gasteiger partial charge in [-0.05, 0) is 62.3 Å². The van der Waals surface area contributed by atoms with Crippen molar-refractivity contribution >= 4 is 17.8 Å². The van der Waals surface area contributed by atoms with Gasteiger partial charge in [-0.25, -0.2) is 5.43 Å². The van der Waals surface area contributed by atoms with E-state index in [9.17, 15) is 14.9 Å². The van der Waals surface area contributed by atoms with Crippen molar-refractivity contribution in [3.63, 3.8) is 0 Å². The fourth-order valence-corrected chi connectivity index (χ4v) is 5.97. The van der Waals surface area contributed by atoms with E-state index in [1.54, 1.807) is 28.7 Å². The summed E-state index contributed by atoms with van der Waals surface area (Å²) in [5, 5.41) is 23.9. The van der Waals surface area contributed by atoms with Crippen LogP contribution in [0, 0.1) is 27.9 Å². The van der Waals surface area contributed by atoms with Gasteiger partial charge in [0.15, 0.2) is 0 Å². The Morgan fingerprint density at radius 1 is 1.31 bits per heavy atom. The highest BCUT2D eigenvalue weighted by molar-refractivity contribution is 5.96. The molecule has 0 atom stereocenters. The first-order valence-corrected chi connectivity index (χ1v) is 9.99. The third kappa shape index (κ3) is 3.02. The van der Waals surface area contributed by atoms with Gasteiger partial charge in [-0.1, -0.05) is 0 Å². The van der Waals surface area contributed by atoms with Crippen LogP contribution in [0.5, 0.6) is 0 Å². The second-order valence-electron chi connectivity index (χ2n) is 8.79. The summed E-state index contributed by atoms with van der Waals surface area (Å²) in [7, 11) is 1.75. The van der Waals surface area contributed by atoms with Crippen LogP contribution < -0.4 is 5.43 Å². The van der Waals surface area contributed by atoms with Gasteiger partial charge < -0.3 is 0 Å². The van der Waals surface area contributed by atoms with Crippen LogP contribution in [0.3, 0.4) is 0 Å². The predicted octanol–water partition coefficient (Wildman–Crippen LogP) is 2.21. The topological polar surface area (TPSA) is 120 Å². The SMILES string of the molecule is Cn1nccc1C=NNC(=O)c1nn(C23CC4CC(CC(C4)C2)C3)cc1[N+](=O)[O-]. The van der Waals surface area contributed by atoms with Gasteiger partial charge >= 0.3 is 5.69 Å². The molecule has 1 N–H and O–H groups in total. The number of hydrogen-bond donors (Lipinski definition) is 1. The Balaban J connectivity index is 1.41. The minimum atomic E-state index is -0.682. The van der Waals surface area contributed by atoms with Crippen molar-refractivity contribution in [2.75, 3.05) is 0 Å². The summed E-state index contributed by atoms with van der Waals surface area (Å²) in [4.78, 5) is 23.7. The number of hydrazone groups is 1.